The number of nitrogens with two attached hydrogens (primary N) is 2. The van der Waals surface area contributed by atoms with Gasteiger partial charge in [-0.2, -0.15) is 0 Å². The summed E-state index contributed by atoms with van der Waals surface area (Å²) in [5.74, 6) is 5.90. The highest BCUT2D eigenvalue weighted by Gasteiger charge is 2.21. The maximum Gasteiger partial charge on any atom is 0.236 e. The molecule has 0 unspecified atom stereocenters. The minimum absolute atomic E-state index is 0.0113. The molecule has 0 saturated carbocycles. The zero-order chi connectivity index (χ0) is 24.5. The number of aryl methyl sites for hydroxylation is 1. The molecule has 3 heterocycles. The number of hydrogen-bond acceptors (Lipinski definition) is 9. The smallest absolute Gasteiger partial charge is 0.236 e. The molecule has 0 fully saturated rings. The normalized spacial score (nSPS) is 11.3. The molecule has 0 atom stereocenters. The summed E-state index contributed by atoms with van der Waals surface area (Å²) in [6, 6.07) is 9.31. The van der Waals surface area contributed by atoms with Gasteiger partial charge in [0.1, 0.15) is 16.8 Å². The van der Waals surface area contributed by atoms with E-state index < -0.39 is 11.5 Å². The van der Waals surface area contributed by atoms with Crippen molar-refractivity contribution < 1.29 is 14.5 Å². The first-order valence-corrected chi connectivity index (χ1v) is 10.5. The molecule has 4 aromatic rings. The van der Waals surface area contributed by atoms with Gasteiger partial charge in [-0.3, -0.25) is 4.79 Å². The van der Waals surface area contributed by atoms with E-state index in [0.717, 1.165) is 11.1 Å². The van der Waals surface area contributed by atoms with Crippen molar-refractivity contribution in [3.63, 3.8) is 0 Å². The molecule has 0 saturated heterocycles. The van der Waals surface area contributed by atoms with Crippen molar-refractivity contribution in [2.75, 3.05) is 17.6 Å². The van der Waals surface area contributed by atoms with Gasteiger partial charge in [-0.25, -0.2) is 14.6 Å². The summed E-state index contributed by atoms with van der Waals surface area (Å²) in [4.78, 5) is 20.6. The number of carbonyl (C=O) groups excluding carboxylic acids is 1. The molecule has 11 nitrogen and oxygen atoms in total. The maximum atomic E-state index is 11.1. The van der Waals surface area contributed by atoms with E-state index in [0.29, 0.717) is 40.7 Å². The van der Waals surface area contributed by atoms with Crippen LogP contribution in [0.4, 0.5) is 11.5 Å². The van der Waals surface area contributed by atoms with Gasteiger partial charge in [0.15, 0.2) is 17.3 Å². The Kier molecular flexibility index (Phi) is 5.91. The lowest BCUT2D eigenvalue weighted by molar-refractivity contribution is -0.116. The second-order valence-corrected chi connectivity index (χ2v) is 8.11. The lowest BCUT2D eigenvalue weighted by Crippen LogP contribution is -2.21. The first kappa shape index (κ1) is 22.8. The molecule has 0 bridgehead atoms. The molecule has 1 amide bonds. The molecular formula is C23H24N8O3. The maximum absolute atomic E-state index is 11.1. The number of nitrogens with one attached hydrogen (secondary N) is 1. The number of rotatable bonds is 6. The highest BCUT2D eigenvalue weighted by atomic mass is 16.6. The van der Waals surface area contributed by atoms with Crippen molar-refractivity contribution in [1.82, 2.24) is 24.8 Å². The minimum atomic E-state index is -1.22. The van der Waals surface area contributed by atoms with Gasteiger partial charge >= 0.3 is 0 Å². The summed E-state index contributed by atoms with van der Waals surface area (Å²) in [5.41, 5.74) is 14.1. The third-order valence-electron chi connectivity index (χ3n) is 4.89. The first-order valence-electron chi connectivity index (χ1n) is 10.5. The Balaban J connectivity index is 1.94. The summed E-state index contributed by atoms with van der Waals surface area (Å²) in [6.45, 7) is 5.71. The molecular weight excluding hydrogens is 436 g/mol. The van der Waals surface area contributed by atoms with Crippen LogP contribution in [0.15, 0.2) is 35.0 Å². The van der Waals surface area contributed by atoms with Crippen LogP contribution in [0.2, 0.25) is 0 Å². The van der Waals surface area contributed by atoms with Crippen molar-refractivity contribution in [3.05, 3.63) is 36.0 Å². The predicted molar refractivity (Wildman–Crippen MR) is 127 cm³/mol. The fourth-order valence-electron chi connectivity index (χ4n) is 3.40. The zero-order valence-corrected chi connectivity index (χ0v) is 19.0. The van der Waals surface area contributed by atoms with Crippen LogP contribution in [-0.2, 0) is 11.3 Å². The Morgan fingerprint density at radius 1 is 1.26 bits per heavy atom. The topological polar surface area (TPSA) is 171 Å². The number of carbonyl (C=O) groups is 1. The van der Waals surface area contributed by atoms with E-state index >= 15 is 0 Å². The Hall–Kier alpha value is -4.43. The third-order valence-corrected chi connectivity index (χ3v) is 4.89. The van der Waals surface area contributed by atoms with Gasteiger partial charge in [-0.15, -0.1) is 0 Å². The molecule has 4 rings (SSSR count). The number of nitrogen functional groups attached to an aromatic ring is 1. The molecule has 0 aliphatic rings. The molecule has 1 aromatic carbocycles. The predicted octanol–water partition coefficient (Wildman–Crippen LogP) is 1.77. The van der Waals surface area contributed by atoms with Crippen LogP contribution >= 0.6 is 0 Å². The van der Waals surface area contributed by atoms with Gasteiger partial charge in [-0.1, -0.05) is 18.1 Å². The van der Waals surface area contributed by atoms with E-state index in [9.17, 15) is 9.90 Å². The summed E-state index contributed by atoms with van der Waals surface area (Å²) in [5, 5.41) is 20.7. The Bertz CT molecular complexity index is 1440. The molecule has 34 heavy (non-hydrogen) atoms. The van der Waals surface area contributed by atoms with Gasteiger partial charge in [0.05, 0.1) is 17.8 Å². The summed E-state index contributed by atoms with van der Waals surface area (Å²) in [6.07, 6.45) is 0. The van der Waals surface area contributed by atoms with Gasteiger partial charge in [0, 0.05) is 17.8 Å². The zero-order valence-electron chi connectivity index (χ0n) is 19.0. The van der Waals surface area contributed by atoms with Crippen LogP contribution in [0.25, 0.3) is 33.8 Å². The van der Waals surface area contributed by atoms with Crippen LogP contribution in [0.1, 0.15) is 26.5 Å². The largest absolute Gasteiger partial charge is 0.379 e. The number of nitrogens with zero attached hydrogens (tertiary/aromatic N) is 5. The number of aliphatic hydroxyl groups is 1. The second kappa shape index (κ2) is 8.84. The van der Waals surface area contributed by atoms with Crippen LogP contribution < -0.4 is 16.8 Å². The molecule has 0 radical (unpaired) electrons. The van der Waals surface area contributed by atoms with Gasteiger partial charge in [0.2, 0.25) is 5.91 Å². The molecule has 6 N–H and O–H groups in total. The SMILES string of the molecule is CCn1c(-c2nonc2N)nc2c(C#CC(C)(C)O)nc(-c3cccc(NCC(N)=O)c3)cc21. The van der Waals surface area contributed by atoms with Crippen LogP contribution in [0.3, 0.4) is 0 Å². The van der Waals surface area contributed by atoms with Crippen LogP contribution in [0, 0.1) is 11.8 Å². The summed E-state index contributed by atoms with van der Waals surface area (Å²) in [7, 11) is 0. The third kappa shape index (κ3) is 4.67. The number of fused-ring (bicyclic) bond motifs is 1. The molecule has 0 aliphatic carbocycles. The Morgan fingerprint density at radius 2 is 2.06 bits per heavy atom. The van der Waals surface area contributed by atoms with E-state index in [2.05, 4.69) is 27.5 Å². The number of aromatic nitrogens is 5. The van der Waals surface area contributed by atoms with E-state index in [-0.39, 0.29) is 12.4 Å². The van der Waals surface area contributed by atoms with Crippen molar-refractivity contribution in [1.29, 1.82) is 0 Å². The van der Waals surface area contributed by atoms with Crippen molar-refractivity contribution >= 4 is 28.4 Å². The number of benzene rings is 1. The average molecular weight is 460 g/mol. The highest BCUT2D eigenvalue weighted by molar-refractivity contribution is 5.88. The molecule has 0 spiro atoms. The van der Waals surface area contributed by atoms with E-state index in [4.69, 9.17) is 26.1 Å². The second-order valence-electron chi connectivity index (χ2n) is 8.11. The molecule has 0 aliphatic heterocycles. The quantitative estimate of drug-likeness (QED) is 0.313. The van der Waals surface area contributed by atoms with E-state index in [1.807, 2.05) is 41.8 Å². The molecule has 11 heteroatoms. The molecule has 3 aromatic heterocycles. The van der Waals surface area contributed by atoms with E-state index in [1.165, 1.54) is 0 Å². The lowest BCUT2D eigenvalue weighted by atomic mass is 10.1. The van der Waals surface area contributed by atoms with E-state index in [1.54, 1.807) is 13.8 Å². The number of anilines is 2. The number of hydrogen-bond donors (Lipinski definition) is 4. The standard InChI is InChI=1S/C23H24N8O3/c1-4-31-17-11-16(13-6-5-7-14(10-13)26-12-18(24)32)27-15(8-9-23(2,3)33)19(17)28-22(31)20-21(25)30-34-29-20/h5-7,10-11,26,33H,4,12H2,1-3H3,(H2,24,32)(H2,25,30). The monoisotopic (exact) mass is 460 g/mol. The van der Waals surface area contributed by atoms with Crippen molar-refractivity contribution in [3.8, 4) is 34.6 Å². The summed E-state index contributed by atoms with van der Waals surface area (Å²) < 4.78 is 6.69. The lowest BCUT2D eigenvalue weighted by Gasteiger charge is -2.09. The Labute approximate surface area is 195 Å². The highest BCUT2D eigenvalue weighted by Crippen LogP contribution is 2.31. The minimum Gasteiger partial charge on any atom is -0.379 e. The average Bonchev–Trinajstić information content (AvgIpc) is 3.38. The fraction of sp³-hybridized carbons (Fsp3) is 0.261. The number of imidazole rings is 1. The first-order chi connectivity index (χ1) is 16.2. The number of pyridine rings is 1. The van der Waals surface area contributed by atoms with Crippen molar-refractivity contribution in [2.45, 2.75) is 32.9 Å². The summed E-state index contributed by atoms with van der Waals surface area (Å²) >= 11 is 0. The van der Waals surface area contributed by atoms with Gasteiger partial charge in [-0.05, 0) is 55.2 Å². The van der Waals surface area contributed by atoms with Gasteiger partial charge < -0.3 is 26.5 Å². The molecule has 174 valence electrons. The fourth-order valence-corrected chi connectivity index (χ4v) is 3.40. The Morgan fingerprint density at radius 3 is 2.71 bits per heavy atom. The van der Waals surface area contributed by atoms with Crippen LogP contribution in [0.5, 0.6) is 0 Å². The number of primary amides is 1. The van der Waals surface area contributed by atoms with Gasteiger partial charge in [0.25, 0.3) is 0 Å². The van der Waals surface area contributed by atoms with Crippen molar-refractivity contribution in [2.24, 2.45) is 5.73 Å². The number of amides is 1. The van der Waals surface area contributed by atoms with Crippen LogP contribution in [-0.4, -0.2) is 48.0 Å².